The zero-order valence-electron chi connectivity index (χ0n) is 13.0. The molecule has 2 N–H and O–H groups in total. The second kappa shape index (κ2) is 4.47. The monoisotopic (exact) mass is 274 g/mol. The van der Waals surface area contributed by atoms with Gasteiger partial charge in [-0.15, -0.1) is 0 Å². The number of rotatable bonds is 1. The van der Waals surface area contributed by atoms with E-state index in [9.17, 15) is 5.11 Å². The Morgan fingerprint density at radius 3 is 2.75 bits per heavy atom. The van der Waals surface area contributed by atoms with Crippen molar-refractivity contribution in [3.8, 4) is 0 Å². The molecule has 20 heavy (non-hydrogen) atoms. The topological polar surface area (TPSA) is 35.5 Å². The quantitative estimate of drug-likeness (QED) is 0.823. The SMILES string of the molecule is CN1C[C@]2(CCN[C@H]2[C@H](O)C(C)(C)C)c2ccccc21. The summed E-state index contributed by atoms with van der Waals surface area (Å²) >= 11 is 0. The molecule has 2 aliphatic rings. The van der Waals surface area contributed by atoms with E-state index in [2.05, 4.69) is 62.3 Å². The summed E-state index contributed by atoms with van der Waals surface area (Å²) in [6.45, 7) is 8.35. The van der Waals surface area contributed by atoms with Crippen molar-refractivity contribution < 1.29 is 5.11 Å². The van der Waals surface area contributed by atoms with E-state index in [0.717, 1.165) is 19.5 Å². The molecule has 2 aliphatic heterocycles. The molecule has 3 atom stereocenters. The van der Waals surface area contributed by atoms with Gasteiger partial charge in [-0.1, -0.05) is 39.0 Å². The first-order valence-electron chi connectivity index (χ1n) is 7.58. The van der Waals surface area contributed by atoms with Gasteiger partial charge in [-0.05, 0) is 30.0 Å². The van der Waals surface area contributed by atoms with Crippen LogP contribution >= 0.6 is 0 Å². The summed E-state index contributed by atoms with van der Waals surface area (Å²) in [5.74, 6) is 0. The van der Waals surface area contributed by atoms with Crippen LogP contribution in [0.25, 0.3) is 0 Å². The minimum absolute atomic E-state index is 0.0536. The number of aliphatic hydroxyl groups is 1. The third kappa shape index (κ3) is 1.87. The molecule has 0 amide bonds. The van der Waals surface area contributed by atoms with E-state index in [1.807, 2.05) is 0 Å². The average molecular weight is 274 g/mol. The number of aliphatic hydroxyl groups excluding tert-OH is 1. The zero-order chi connectivity index (χ0) is 14.5. The van der Waals surface area contributed by atoms with Gasteiger partial charge in [0.2, 0.25) is 0 Å². The van der Waals surface area contributed by atoms with E-state index < -0.39 is 0 Å². The summed E-state index contributed by atoms with van der Waals surface area (Å²) in [6, 6.07) is 8.80. The molecule has 1 fully saturated rings. The molecule has 0 aromatic heterocycles. The van der Waals surface area contributed by atoms with Crippen LogP contribution in [0, 0.1) is 5.41 Å². The molecule has 3 rings (SSSR count). The van der Waals surface area contributed by atoms with Crippen molar-refractivity contribution in [1.82, 2.24) is 5.32 Å². The van der Waals surface area contributed by atoms with Gasteiger partial charge in [0.05, 0.1) is 6.10 Å². The predicted octanol–water partition coefficient (Wildman–Crippen LogP) is 2.14. The number of hydrogen-bond donors (Lipinski definition) is 2. The fraction of sp³-hybridized carbons (Fsp3) is 0.647. The van der Waals surface area contributed by atoms with E-state index in [1.54, 1.807) is 0 Å². The maximum absolute atomic E-state index is 10.8. The summed E-state index contributed by atoms with van der Waals surface area (Å²) in [5, 5.41) is 14.4. The molecule has 1 saturated heterocycles. The number of hydrogen-bond acceptors (Lipinski definition) is 3. The Labute approximate surface area is 122 Å². The minimum atomic E-state index is -0.343. The lowest BCUT2D eigenvalue weighted by molar-refractivity contribution is 0.0164. The summed E-state index contributed by atoms with van der Waals surface area (Å²) < 4.78 is 0. The third-order valence-corrected chi connectivity index (χ3v) is 5.10. The molecule has 1 spiro atoms. The van der Waals surface area contributed by atoms with E-state index in [4.69, 9.17) is 0 Å². The van der Waals surface area contributed by atoms with Crippen molar-refractivity contribution in [2.24, 2.45) is 5.41 Å². The molecule has 110 valence electrons. The third-order valence-electron chi connectivity index (χ3n) is 5.10. The zero-order valence-corrected chi connectivity index (χ0v) is 13.0. The standard InChI is InChI=1S/C17H26N2O/c1-16(2,3)15(20)14-17(9-10-18-14)11-19(4)13-8-6-5-7-12(13)17/h5-8,14-15,18,20H,9-11H2,1-4H3/t14-,15-,17+/m0/s1. The fourth-order valence-corrected chi connectivity index (χ4v) is 4.02. The van der Waals surface area contributed by atoms with Crippen molar-refractivity contribution in [2.75, 3.05) is 25.0 Å². The molecule has 0 saturated carbocycles. The Hall–Kier alpha value is -1.06. The highest BCUT2D eigenvalue weighted by atomic mass is 16.3. The van der Waals surface area contributed by atoms with Gasteiger partial charge in [0.1, 0.15) is 0 Å². The van der Waals surface area contributed by atoms with Crippen LogP contribution in [0.15, 0.2) is 24.3 Å². The number of fused-ring (bicyclic) bond motifs is 2. The van der Waals surface area contributed by atoms with E-state index >= 15 is 0 Å². The van der Waals surface area contributed by atoms with E-state index in [-0.39, 0.29) is 23.0 Å². The van der Waals surface area contributed by atoms with E-state index in [1.165, 1.54) is 11.3 Å². The summed E-state index contributed by atoms with van der Waals surface area (Å²) in [4.78, 5) is 2.34. The number of para-hydroxylation sites is 1. The maximum atomic E-state index is 10.8. The highest BCUT2D eigenvalue weighted by molar-refractivity contribution is 5.63. The van der Waals surface area contributed by atoms with Gasteiger partial charge in [0, 0.05) is 30.7 Å². The normalized spacial score (nSPS) is 30.9. The summed E-state index contributed by atoms with van der Waals surface area (Å²) in [7, 11) is 2.16. The first kappa shape index (κ1) is 13.9. The molecule has 0 aliphatic carbocycles. The Bertz CT molecular complexity index is 508. The van der Waals surface area contributed by atoms with Crippen molar-refractivity contribution in [1.29, 1.82) is 0 Å². The Kier molecular flexibility index (Phi) is 3.11. The Balaban J connectivity index is 2.04. The van der Waals surface area contributed by atoms with Crippen LogP contribution < -0.4 is 10.2 Å². The lowest BCUT2D eigenvalue weighted by Crippen LogP contribution is -2.54. The highest BCUT2D eigenvalue weighted by Crippen LogP contribution is 2.48. The lowest BCUT2D eigenvalue weighted by atomic mass is 9.69. The number of anilines is 1. The van der Waals surface area contributed by atoms with Crippen LogP contribution in [0.1, 0.15) is 32.8 Å². The molecule has 1 aromatic carbocycles. The van der Waals surface area contributed by atoms with Gasteiger partial charge >= 0.3 is 0 Å². The molecular formula is C17H26N2O. The molecule has 0 bridgehead atoms. The van der Waals surface area contributed by atoms with Gasteiger partial charge in [-0.25, -0.2) is 0 Å². The average Bonchev–Trinajstić information content (AvgIpc) is 2.92. The van der Waals surface area contributed by atoms with Gasteiger partial charge in [-0.3, -0.25) is 0 Å². The van der Waals surface area contributed by atoms with Crippen molar-refractivity contribution in [3.63, 3.8) is 0 Å². The van der Waals surface area contributed by atoms with E-state index in [0.29, 0.717) is 0 Å². The Morgan fingerprint density at radius 2 is 2.05 bits per heavy atom. The van der Waals surface area contributed by atoms with Gasteiger partial charge < -0.3 is 15.3 Å². The molecule has 0 unspecified atom stereocenters. The lowest BCUT2D eigenvalue weighted by Gasteiger charge is -2.40. The fourth-order valence-electron chi connectivity index (χ4n) is 4.02. The smallest absolute Gasteiger partial charge is 0.0750 e. The molecule has 3 heteroatoms. The van der Waals surface area contributed by atoms with Crippen molar-refractivity contribution >= 4 is 5.69 Å². The van der Waals surface area contributed by atoms with Crippen molar-refractivity contribution in [3.05, 3.63) is 29.8 Å². The number of benzene rings is 1. The van der Waals surface area contributed by atoms with Gasteiger partial charge in [-0.2, -0.15) is 0 Å². The number of nitrogens with zero attached hydrogens (tertiary/aromatic N) is 1. The van der Waals surface area contributed by atoms with Crippen LogP contribution in [0.5, 0.6) is 0 Å². The van der Waals surface area contributed by atoms with Crippen LogP contribution in [-0.4, -0.2) is 37.4 Å². The first-order valence-corrected chi connectivity index (χ1v) is 7.58. The van der Waals surface area contributed by atoms with Crippen molar-refractivity contribution in [2.45, 2.75) is 44.8 Å². The van der Waals surface area contributed by atoms with Crippen LogP contribution in [-0.2, 0) is 5.41 Å². The minimum Gasteiger partial charge on any atom is -0.391 e. The van der Waals surface area contributed by atoms with Gasteiger partial charge in [0.25, 0.3) is 0 Å². The highest BCUT2D eigenvalue weighted by Gasteiger charge is 2.54. The van der Waals surface area contributed by atoms with Crippen LogP contribution in [0.2, 0.25) is 0 Å². The second-order valence-electron chi connectivity index (χ2n) is 7.52. The summed E-state index contributed by atoms with van der Waals surface area (Å²) in [6.07, 6.45) is 0.760. The predicted molar refractivity (Wildman–Crippen MR) is 83.3 cm³/mol. The molecule has 3 nitrogen and oxygen atoms in total. The van der Waals surface area contributed by atoms with Crippen LogP contribution in [0.4, 0.5) is 5.69 Å². The summed E-state index contributed by atoms with van der Waals surface area (Å²) in [5.41, 5.74) is 2.67. The first-order chi connectivity index (χ1) is 9.36. The number of nitrogens with one attached hydrogen (secondary N) is 1. The molecular weight excluding hydrogens is 248 g/mol. The van der Waals surface area contributed by atoms with Crippen LogP contribution in [0.3, 0.4) is 0 Å². The molecule has 2 heterocycles. The molecule has 0 radical (unpaired) electrons. The maximum Gasteiger partial charge on any atom is 0.0750 e. The number of likely N-dealkylation sites (N-methyl/N-ethyl adjacent to an activating group) is 1. The second-order valence-corrected chi connectivity index (χ2v) is 7.52. The van der Waals surface area contributed by atoms with Gasteiger partial charge in [0.15, 0.2) is 0 Å². The Morgan fingerprint density at radius 1 is 1.35 bits per heavy atom. The largest absolute Gasteiger partial charge is 0.391 e. The molecule has 1 aromatic rings.